The molecule has 21 heavy (non-hydrogen) atoms. The van der Waals surface area contributed by atoms with Crippen LogP contribution in [0.5, 0.6) is 0 Å². The summed E-state index contributed by atoms with van der Waals surface area (Å²) in [6.07, 6.45) is 7.32. The summed E-state index contributed by atoms with van der Waals surface area (Å²) in [5.74, 6) is 1.96. The van der Waals surface area contributed by atoms with Gasteiger partial charge in [0.15, 0.2) is 9.84 Å². The number of sulfone groups is 1. The van der Waals surface area contributed by atoms with Gasteiger partial charge in [-0.15, -0.1) is 0 Å². The lowest BCUT2D eigenvalue weighted by Crippen LogP contribution is -2.27. The number of nitrogens with one attached hydrogen (secondary N) is 1. The van der Waals surface area contributed by atoms with E-state index in [1.807, 2.05) is 6.07 Å². The van der Waals surface area contributed by atoms with Crippen LogP contribution in [0.3, 0.4) is 0 Å². The van der Waals surface area contributed by atoms with Crippen molar-refractivity contribution in [3.05, 3.63) is 12.3 Å². The summed E-state index contributed by atoms with van der Waals surface area (Å²) in [5, 5.41) is 3.23. The number of aromatic nitrogens is 2. The van der Waals surface area contributed by atoms with Gasteiger partial charge in [-0.25, -0.2) is 13.4 Å². The molecule has 2 aliphatic heterocycles. The zero-order valence-corrected chi connectivity index (χ0v) is 13.0. The maximum atomic E-state index is 11.5. The molecule has 0 spiro atoms. The number of nitrogens with zero attached hydrogens (tertiary/aromatic N) is 3. The Hall–Kier alpha value is -1.37. The maximum Gasteiger partial charge on any atom is 0.227 e. The fourth-order valence-electron chi connectivity index (χ4n) is 2.97. The van der Waals surface area contributed by atoms with Gasteiger partial charge in [0.1, 0.15) is 5.82 Å². The molecule has 0 amide bonds. The van der Waals surface area contributed by atoms with Crippen LogP contribution in [-0.4, -0.2) is 49.0 Å². The molecule has 116 valence electrons. The van der Waals surface area contributed by atoms with Crippen molar-refractivity contribution in [3.63, 3.8) is 0 Å². The third-order valence-electron chi connectivity index (χ3n) is 4.12. The van der Waals surface area contributed by atoms with E-state index in [9.17, 15) is 8.42 Å². The quantitative estimate of drug-likeness (QED) is 0.911. The normalized spacial score (nSPS) is 25.5. The van der Waals surface area contributed by atoms with E-state index < -0.39 is 9.84 Å². The third kappa shape index (κ3) is 3.84. The van der Waals surface area contributed by atoms with Crippen LogP contribution in [0.1, 0.15) is 32.1 Å². The van der Waals surface area contributed by atoms with Crippen molar-refractivity contribution in [2.24, 2.45) is 0 Å². The van der Waals surface area contributed by atoms with E-state index in [1.165, 1.54) is 25.7 Å². The predicted octanol–water partition coefficient (Wildman–Crippen LogP) is 1.46. The van der Waals surface area contributed by atoms with Crippen LogP contribution >= 0.6 is 0 Å². The van der Waals surface area contributed by atoms with E-state index in [-0.39, 0.29) is 17.5 Å². The monoisotopic (exact) mass is 310 g/mol. The van der Waals surface area contributed by atoms with Gasteiger partial charge in [0, 0.05) is 25.3 Å². The van der Waals surface area contributed by atoms with Gasteiger partial charge in [-0.1, -0.05) is 12.8 Å². The Balaban J connectivity index is 1.68. The molecule has 2 saturated heterocycles. The van der Waals surface area contributed by atoms with Crippen molar-refractivity contribution < 1.29 is 8.42 Å². The Morgan fingerprint density at radius 3 is 2.62 bits per heavy atom. The van der Waals surface area contributed by atoms with Crippen molar-refractivity contribution >= 4 is 21.6 Å². The van der Waals surface area contributed by atoms with Crippen LogP contribution in [0.15, 0.2) is 12.3 Å². The first-order valence-corrected chi connectivity index (χ1v) is 9.49. The minimum absolute atomic E-state index is 0.0260. The molecule has 1 aromatic rings. The molecular weight excluding hydrogens is 288 g/mol. The lowest BCUT2D eigenvalue weighted by molar-refractivity contribution is 0.602. The molecule has 0 radical (unpaired) electrons. The van der Waals surface area contributed by atoms with Gasteiger partial charge in [0.2, 0.25) is 5.95 Å². The zero-order chi connectivity index (χ0) is 14.7. The van der Waals surface area contributed by atoms with Crippen LogP contribution in [-0.2, 0) is 9.84 Å². The molecule has 1 atom stereocenters. The highest BCUT2D eigenvalue weighted by Crippen LogP contribution is 2.19. The highest BCUT2D eigenvalue weighted by molar-refractivity contribution is 7.91. The first-order chi connectivity index (χ1) is 10.1. The predicted molar refractivity (Wildman–Crippen MR) is 83.4 cm³/mol. The first-order valence-electron chi connectivity index (χ1n) is 7.67. The van der Waals surface area contributed by atoms with Gasteiger partial charge >= 0.3 is 0 Å². The molecule has 1 unspecified atom stereocenters. The molecular formula is C14H22N4O2S. The lowest BCUT2D eigenvalue weighted by Gasteiger charge is -2.21. The second-order valence-electron chi connectivity index (χ2n) is 5.89. The van der Waals surface area contributed by atoms with Gasteiger partial charge in [-0.2, -0.15) is 4.98 Å². The van der Waals surface area contributed by atoms with E-state index in [0.717, 1.165) is 24.9 Å². The second kappa shape index (κ2) is 6.17. The van der Waals surface area contributed by atoms with Crippen molar-refractivity contribution in [2.45, 2.75) is 38.1 Å². The summed E-state index contributed by atoms with van der Waals surface area (Å²) in [7, 11) is -2.87. The van der Waals surface area contributed by atoms with Crippen LogP contribution in [0.2, 0.25) is 0 Å². The van der Waals surface area contributed by atoms with Gasteiger partial charge in [0.25, 0.3) is 0 Å². The van der Waals surface area contributed by atoms with Gasteiger partial charge in [0.05, 0.1) is 11.5 Å². The Morgan fingerprint density at radius 2 is 1.95 bits per heavy atom. The molecule has 3 heterocycles. The van der Waals surface area contributed by atoms with E-state index in [2.05, 4.69) is 20.2 Å². The average molecular weight is 310 g/mol. The van der Waals surface area contributed by atoms with Crippen LogP contribution < -0.4 is 10.2 Å². The summed E-state index contributed by atoms with van der Waals surface area (Å²) in [6, 6.07) is 1.79. The zero-order valence-electron chi connectivity index (χ0n) is 12.2. The molecule has 0 saturated carbocycles. The van der Waals surface area contributed by atoms with Gasteiger partial charge in [-0.3, -0.25) is 0 Å². The highest BCUT2D eigenvalue weighted by Gasteiger charge is 2.28. The fraction of sp³-hybridized carbons (Fsp3) is 0.714. The standard InChI is InChI=1S/C14H22N4O2S/c19-21(20)10-6-12(11-21)16-13-5-7-15-14(17-13)18-8-3-1-2-4-9-18/h5,7,12H,1-4,6,8-11H2,(H,15,16,17). The Kier molecular flexibility index (Phi) is 4.28. The summed E-state index contributed by atoms with van der Waals surface area (Å²) in [6.45, 7) is 2.00. The van der Waals surface area contributed by atoms with E-state index >= 15 is 0 Å². The van der Waals surface area contributed by atoms with Crippen molar-refractivity contribution in [3.8, 4) is 0 Å². The lowest BCUT2D eigenvalue weighted by atomic mass is 10.2. The number of hydrogen-bond acceptors (Lipinski definition) is 6. The van der Waals surface area contributed by atoms with E-state index in [1.54, 1.807) is 6.20 Å². The summed E-state index contributed by atoms with van der Waals surface area (Å²) in [5.41, 5.74) is 0. The summed E-state index contributed by atoms with van der Waals surface area (Å²) >= 11 is 0. The third-order valence-corrected chi connectivity index (χ3v) is 5.88. The Bertz CT molecular complexity index is 582. The topological polar surface area (TPSA) is 75.2 Å². The summed E-state index contributed by atoms with van der Waals surface area (Å²) in [4.78, 5) is 11.1. The van der Waals surface area contributed by atoms with Crippen molar-refractivity contribution in [1.82, 2.24) is 9.97 Å². The first kappa shape index (κ1) is 14.6. The number of anilines is 2. The SMILES string of the molecule is O=S1(=O)CCC(Nc2ccnc(N3CCCCCC3)n2)C1. The Morgan fingerprint density at radius 1 is 1.19 bits per heavy atom. The van der Waals surface area contributed by atoms with Crippen molar-refractivity contribution in [2.75, 3.05) is 34.8 Å². The average Bonchev–Trinajstić information content (AvgIpc) is 2.69. The fourth-order valence-corrected chi connectivity index (χ4v) is 4.64. The van der Waals surface area contributed by atoms with Crippen LogP contribution in [0.4, 0.5) is 11.8 Å². The number of rotatable bonds is 3. The minimum Gasteiger partial charge on any atom is -0.366 e. The second-order valence-corrected chi connectivity index (χ2v) is 8.12. The molecule has 1 N–H and O–H groups in total. The van der Waals surface area contributed by atoms with Gasteiger partial charge < -0.3 is 10.2 Å². The smallest absolute Gasteiger partial charge is 0.227 e. The van der Waals surface area contributed by atoms with Crippen LogP contribution in [0, 0.1) is 0 Å². The molecule has 2 aliphatic rings. The molecule has 0 aromatic carbocycles. The molecule has 3 rings (SSSR count). The van der Waals surface area contributed by atoms with Crippen molar-refractivity contribution in [1.29, 1.82) is 0 Å². The molecule has 2 fully saturated rings. The number of hydrogen-bond donors (Lipinski definition) is 1. The summed E-state index contributed by atoms with van der Waals surface area (Å²) < 4.78 is 23.0. The molecule has 1 aromatic heterocycles. The molecule has 7 heteroatoms. The van der Waals surface area contributed by atoms with E-state index in [0.29, 0.717) is 6.42 Å². The molecule has 6 nitrogen and oxygen atoms in total. The molecule has 0 bridgehead atoms. The van der Waals surface area contributed by atoms with Crippen LogP contribution in [0.25, 0.3) is 0 Å². The Labute approximate surface area is 125 Å². The minimum atomic E-state index is -2.87. The highest BCUT2D eigenvalue weighted by atomic mass is 32.2. The van der Waals surface area contributed by atoms with E-state index in [4.69, 9.17) is 0 Å². The molecule has 0 aliphatic carbocycles. The largest absolute Gasteiger partial charge is 0.366 e. The maximum absolute atomic E-state index is 11.5. The van der Waals surface area contributed by atoms with Gasteiger partial charge in [-0.05, 0) is 25.3 Å².